The molecule has 0 fully saturated rings. The third-order valence-electron chi connectivity index (χ3n) is 5.70. The van der Waals surface area contributed by atoms with Crippen molar-refractivity contribution >= 4 is 21.7 Å². The largest absolute Gasteiger partial charge is 0.502 e. The van der Waals surface area contributed by atoms with Crippen molar-refractivity contribution in [3.05, 3.63) is 59.7 Å². The van der Waals surface area contributed by atoms with E-state index < -0.39 is 0 Å². The predicted octanol–water partition coefficient (Wildman–Crippen LogP) is 4.42. The van der Waals surface area contributed by atoms with Crippen LogP contribution < -0.4 is 14.8 Å². The minimum Gasteiger partial charge on any atom is -0.502 e. The quantitative estimate of drug-likeness (QED) is 0.510. The van der Waals surface area contributed by atoms with Gasteiger partial charge >= 0.3 is 0 Å². The molecule has 5 rings (SSSR count). The Morgan fingerprint density at radius 2 is 1.72 bits per heavy atom. The van der Waals surface area contributed by atoms with Crippen molar-refractivity contribution in [2.75, 3.05) is 20.8 Å². The van der Waals surface area contributed by atoms with E-state index >= 15 is 0 Å². The highest BCUT2D eigenvalue weighted by molar-refractivity contribution is 6.09. The van der Waals surface area contributed by atoms with E-state index in [2.05, 4.69) is 41.7 Å². The number of phenols is 1. The van der Waals surface area contributed by atoms with Crippen molar-refractivity contribution in [3.8, 4) is 28.5 Å². The SMILES string of the molecule is COc1cc(-c2nc3ccc4ccccc4c3c3c2CNCC3)cc(OC)c1O. The number of aromatic nitrogens is 1. The molecule has 5 nitrogen and oxygen atoms in total. The van der Waals surface area contributed by atoms with Crippen molar-refractivity contribution < 1.29 is 14.6 Å². The van der Waals surface area contributed by atoms with Gasteiger partial charge < -0.3 is 19.9 Å². The van der Waals surface area contributed by atoms with Gasteiger partial charge in [0.25, 0.3) is 0 Å². The molecular formula is C24H22N2O3. The van der Waals surface area contributed by atoms with Crippen molar-refractivity contribution in [1.29, 1.82) is 0 Å². The fourth-order valence-corrected chi connectivity index (χ4v) is 4.31. The second-order valence-corrected chi connectivity index (χ2v) is 7.25. The van der Waals surface area contributed by atoms with Gasteiger partial charge in [-0.2, -0.15) is 0 Å². The van der Waals surface area contributed by atoms with Gasteiger partial charge in [0.15, 0.2) is 11.5 Å². The fourth-order valence-electron chi connectivity index (χ4n) is 4.31. The molecule has 5 heteroatoms. The van der Waals surface area contributed by atoms with Crippen LogP contribution in [0.5, 0.6) is 17.2 Å². The average Bonchev–Trinajstić information content (AvgIpc) is 2.78. The second kappa shape index (κ2) is 6.94. The standard InChI is InChI=1S/C24H22N2O3/c1-28-20-11-15(12-21(29-2)24(20)27)23-18-13-25-10-9-17(18)22-16-6-4-3-5-14(16)7-8-19(22)26-23/h3-8,11-12,25,27H,9-10,13H2,1-2H3. The van der Waals surface area contributed by atoms with Gasteiger partial charge in [0, 0.05) is 17.5 Å². The maximum atomic E-state index is 10.3. The third-order valence-corrected chi connectivity index (χ3v) is 5.70. The molecule has 1 aliphatic rings. The normalized spacial score (nSPS) is 13.4. The van der Waals surface area contributed by atoms with Crippen LogP contribution in [-0.2, 0) is 13.0 Å². The Balaban J connectivity index is 1.85. The lowest BCUT2D eigenvalue weighted by atomic mass is 9.90. The van der Waals surface area contributed by atoms with E-state index in [0.29, 0.717) is 11.5 Å². The van der Waals surface area contributed by atoms with Gasteiger partial charge in [0.05, 0.1) is 25.4 Å². The van der Waals surface area contributed by atoms with Crippen molar-refractivity contribution in [1.82, 2.24) is 10.3 Å². The molecule has 3 aromatic carbocycles. The van der Waals surface area contributed by atoms with Crippen molar-refractivity contribution in [2.45, 2.75) is 13.0 Å². The van der Waals surface area contributed by atoms with E-state index in [1.807, 2.05) is 12.1 Å². The fraction of sp³-hybridized carbons (Fsp3) is 0.208. The van der Waals surface area contributed by atoms with Crippen LogP contribution in [0.1, 0.15) is 11.1 Å². The lowest BCUT2D eigenvalue weighted by molar-refractivity contribution is 0.340. The van der Waals surface area contributed by atoms with Gasteiger partial charge in [0.1, 0.15) is 0 Å². The zero-order valence-corrected chi connectivity index (χ0v) is 16.5. The smallest absolute Gasteiger partial charge is 0.200 e. The molecule has 0 bridgehead atoms. The zero-order valence-electron chi connectivity index (χ0n) is 16.5. The van der Waals surface area contributed by atoms with Crippen LogP contribution in [0.25, 0.3) is 32.9 Å². The summed E-state index contributed by atoms with van der Waals surface area (Å²) in [4.78, 5) is 5.06. The van der Waals surface area contributed by atoms with Gasteiger partial charge in [-0.15, -0.1) is 0 Å². The molecule has 0 radical (unpaired) electrons. The number of rotatable bonds is 3. The van der Waals surface area contributed by atoms with E-state index in [1.54, 1.807) is 0 Å². The molecule has 1 aliphatic heterocycles. The highest BCUT2D eigenvalue weighted by atomic mass is 16.5. The highest BCUT2D eigenvalue weighted by Crippen LogP contribution is 2.42. The molecule has 2 N–H and O–H groups in total. The number of pyridine rings is 1. The number of hydrogen-bond acceptors (Lipinski definition) is 5. The Labute approximate surface area is 168 Å². The number of aromatic hydroxyl groups is 1. The molecule has 1 aromatic heterocycles. The minimum absolute atomic E-state index is 0.00229. The first-order valence-corrected chi connectivity index (χ1v) is 9.70. The average molecular weight is 386 g/mol. The molecule has 146 valence electrons. The lowest BCUT2D eigenvalue weighted by Crippen LogP contribution is -2.25. The molecular weight excluding hydrogens is 364 g/mol. The lowest BCUT2D eigenvalue weighted by Gasteiger charge is -2.23. The third kappa shape index (κ3) is 2.77. The summed E-state index contributed by atoms with van der Waals surface area (Å²) in [7, 11) is 3.07. The first-order chi connectivity index (χ1) is 14.2. The molecule has 0 atom stereocenters. The van der Waals surface area contributed by atoms with Crippen LogP contribution in [0.4, 0.5) is 0 Å². The summed E-state index contributed by atoms with van der Waals surface area (Å²) in [6.45, 7) is 1.69. The second-order valence-electron chi connectivity index (χ2n) is 7.25. The molecule has 0 saturated carbocycles. The van der Waals surface area contributed by atoms with Gasteiger partial charge in [-0.25, -0.2) is 4.98 Å². The number of fused-ring (bicyclic) bond motifs is 5. The maximum Gasteiger partial charge on any atom is 0.200 e. The van der Waals surface area contributed by atoms with Crippen LogP contribution >= 0.6 is 0 Å². The molecule has 29 heavy (non-hydrogen) atoms. The highest BCUT2D eigenvalue weighted by Gasteiger charge is 2.22. The molecule has 0 spiro atoms. The van der Waals surface area contributed by atoms with Gasteiger partial charge in [0.2, 0.25) is 5.75 Å². The number of benzene rings is 3. The molecule has 4 aromatic rings. The summed E-state index contributed by atoms with van der Waals surface area (Å²) in [6.07, 6.45) is 0.946. The van der Waals surface area contributed by atoms with E-state index in [4.69, 9.17) is 14.5 Å². The van der Waals surface area contributed by atoms with E-state index in [0.717, 1.165) is 36.3 Å². The summed E-state index contributed by atoms with van der Waals surface area (Å²) in [5.41, 5.74) is 5.27. The van der Waals surface area contributed by atoms with Crippen LogP contribution in [0, 0.1) is 0 Å². The van der Waals surface area contributed by atoms with Gasteiger partial charge in [-0.05, 0) is 53.1 Å². The Morgan fingerprint density at radius 1 is 0.966 bits per heavy atom. The van der Waals surface area contributed by atoms with Crippen LogP contribution in [0.15, 0.2) is 48.5 Å². The summed E-state index contributed by atoms with van der Waals surface area (Å²) in [6, 6.07) is 16.3. The summed E-state index contributed by atoms with van der Waals surface area (Å²) >= 11 is 0. The topological polar surface area (TPSA) is 63.6 Å². The van der Waals surface area contributed by atoms with Crippen LogP contribution in [0.3, 0.4) is 0 Å². The van der Waals surface area contributed by atoms with Crippen LogP contribution in [-0.4, -0.2) is 30.9 Å². The van der Waals surface area contributed by atoms with E-state index in [-0.39, 0.29) is 5.75 Å². The number of ether oxygens (including phenoxy) is 2. The summed E-state index contributed by atoms with van der Waals surface area (Å²) in [5.74, 6) is 0.743. The monoisotopic (exact) mass is 386 g/mol. The minimum atomic E-state index is -0.00229. The van der Waals surface area contributed by atoms with Gasteiger partial charge in [-0.3, -0.25) is 0 Å². The zero-order chi connectivity index (χ0) is 20.0. The molecule has 2 heterocycles. The molecule has 0 amide bonds. The Bertz CT molecular complexity index is 1230. The number of methoxy groups -OCH3 is 2. The van der Waals surface area contributed by atoms with Crippen LogP contribution in [0.2, 0.25) is 0 Å². The number of hydrogen-bond donors (Lipinski definition) is 2. The van der Waals surface area contributed by atoms with Crippen molar-refractivity contribution in [3.63, 3.8) is 0 Å². The van der Waals surface area contributed by atoms with E-state index in [9.17, 15) is 5.11 Å². The Kier molecular flexibility index (Phi) is 4.25. The first-order valence-electron chi connectivity index (χ1n) is 9.70. The summed E-state index contributed by atoms with van der Waals surface area (Å²) < 4.78 is 10.7. The van der Waals surface area contributed by atoms with Crippen molar-refractivity contribution in [2.24, 2.45) is 0 Å². The molecule has 0 aliphatic carbocycles. The predicted molar refractivity (Wildman–Crippen MR) is 115 cm³/mol. The van der Waals surface area contributed by atoms with Gasteiger partial charge in [-0.1, -0.05) is 30.3 Å². The number of nitrogens with one attached hydrogen (secondary N) is 1. The number of nitrogens with zero attached hydrogens (tertiary/aromatic N) is 1. The summed E-state index contributed by atoms with van der Waals surface area (Å²) in [5, 5.41) is 17.5. The molecule has 0 saturated heterocycles. The number of phenolic OH excluding ortho intramolecular Hbond substituents is 1. The molecule has 0 unspecified atom stereocenters. The van der Waals surface area contributed by atoms with E-state index in [1.165, 1.54) is 41.5 Å². The maximum absolute atomic E-state index is 10.3. The first kappa shape index (κ1) is 17.8. The Hall–Kier alpha value is -3.31. The Morgan fingerprint density at radius 3 is 2.48 bits per heavy atom.